The van der Waals surface area contributed by atoms with E-state index in [1.54, 1.807) is 13.0 Å². The van der Waals surface area contributed by atoms with Gasteiger partial charge < -0.3 is 9.73 Å². The molecule has 1 heterocycles. The van der Waals surface area contributed by atoms with Gasteiger partial charge in [-0.25, -0.2) is 13.2 Å². The molecule has 0 saturated heterocycles. The molecule has 90 valence electrons. The van der Waals surface area contributed by atoms with E-state index < -0.39 is 17.5 Å². The second-order valence-corrected chi connectivity index (χ2v) is 3.68. The Labute approximate surface area is 96.1 Å². The fourth-order valence-corrected chi connectivity index (χ4v) is 1.49. The molecule has 1 atom stereocenters. The van der Waals surface area contributed by atoms with Crippen molar-refractivity contribution in [1.82, 2.24) is 0 Å². The molecule has 1 aromatic carbocycles. The predicted octanol–water partition coefficient (Wildman–Crippen LogP) is 3.87. The summed E-state index contributed by atoms with van der Waals surface area (Å²) in [4.78, 5) is 0. The number of rotatable bonds is 3. The normalized spacial score (nSPS) is 12.5. The third kappa shape index (κ3) is 2.43. The van der Waals surface area contributed by atoms with Crippen LogP contribution >= 0.6 is 0 Å². The highest BCUT2D eigenvalue weighted by atomic mass is 19.2. The first kappa shape index (κ1) is 11.6. The van der Waals surface area contributed by atoms with E-state index in [1.807, 2.05) is 0 Å². The van der Waals surface area contributed by atoms with E-state index in [1.165, 1.54) is 12.5 Å². The SMILES string of the molecule is CC(Nc1cc(F)c(F)c(F)c1)c1ccoc1. The summed E-state index contributed by atoms with van der Waals surface area (Å²) >= 11 is 0. The van der Waals surface area contributed by atoms with E-state index in [9.17, 15) is 13.2 Å². The molecule has 0 aliphatic heterocycles. The molecule has 0 radical (unpaired) electrons. The van der Waals surface area contributed by atoms with E-state index in [2.05, 4.69) is 5.32 Å². The average Bonchev–Trinajstić information content (AvgIpc) is 2.79. The second kappa shape index (κ2) is 4.53. The van der Waals surface area contributed by atoms with Crippen molar-refractivity contribution >= 4 is 5.69 Å². The van der Waals surface area contributed by atoms with Gasteiger partial charge >= 0.3 is 0 Å². The Morgan fingerprint density at radius 2 is 1.82 bits per heavy atom. The molecule has 0 saturated carbocycles. The topological polar surface area (TPSA) is 25.2 Å². The summed E-state index contributed by atoms with van der Waals surface area (Å²) in [7, 11) is 0. The molecule has 5 heteroatoms. The van der Waals surface area contributed by atoms with E-state index in [0.717, 1.165) is 17.7 Å². The smallest absolute Gasteiger partial charge is 0.194 e. The minimum Gasteiger partial charge on any atom is -0.472 e. The molecule has 0 aliphatic rings. The third-order valence-corrected chi connectivity index (χ3v) is 2.41. The lowest BCUT2D eigenvalue weighted by Crippen LogP contribution is -2.06. The summed E-state index contributed by atoms with van der Waals surface area (Å²) in [6.45, 7) is 1.80. The van der Waals surface area contributed by atoms with Gasteiger partial charge in [0.15, 0.2) is 17.5 Å². The molecule has 17 heavy (non-hydrogen) atoms. The van der Waals surface area contributed by atoms with Crippen molar-refractivity contribution < 1.29 is 17.6 Å². The molecule has 0 aliphatic carbocycles. The van der Waals surface area contributed by atoms with Crippen LogP contribution in [0.4, 0.5) is 18.9 Å². The number of anilines is 1. The van der Waals surface area contributed by atoms with Crippen LogP contribution in [0, 0.1) is 17.5 Å². The maximum absolute atomic E-state index is 13.0. The number of halogens is 3. The van der Waals surface area contributed by atoms with Crippen LogP contribution in [0.2, 0.25) is 0 Å². The molecular formula is C12H10F3NO. The molecule has 0 amide bonds. The van der Waals surface area contributed by atoms with Gasteiger partial charge in [-0.15, -0.1) is 0 Å². The Hall–Kier alpha value is -1.91. The van der Waals surface area contributed by atoms with Crippen molar-refractivity contribution in [1.29, 1.82) is 0 Å². The number of benzene rings is 1. The summed E-state index contributed by atoms with van der Waals surface area (Å²) in [5.41, 5.74) is 1.00. The van der Waals surface area contributed by atoms with Crippen LogP contribution in [0.3, 0.4) is 0 Å². The Balaban J connectivity index is 2.19. The standard InChI is InChI=1S/C12H10F3NO/c1-7(8-2-3-17-6-8)16-9-4-10(13)12(15)11(14)5-9/h2-7,16H,1H3. The van der Waals surface area contributed by atoms with Crippen molar-refractivity contribution in [2.24, 2.45) is 0 Å². The molecule has 0 bridgehead atoms. The monoisotopic (exact) mass is 241 g/mol. The Bertz CT molecular complexity index is 487. The Morgan fingerprint density at radius 1 is 1.18 bits per heavy atom. The lowest BCUT2D eigenvalue weighted by atomic mass is 10.1. The van der Waals surface area contributed by atoms with Gasteiger partial charge in [-0.1, -0.05) is 0 Å². The minimum atomic E-state index is -1.47. The molecule has 2 nitrogen and oxygen atoms in total. The zero-order valence-corrected chi connectivity index (χ0v) is 9.01. The maximum atomic E-state index is 13.0. The highest BCUT2D eigenvalue weighted by molar-refractivity contribution is 5.46. The van der Waals surface area contributed by atoms with Crippen molar-refractivity contribution in [3.8, 4) is 0 Å². The van der Waals surface area contributed by atoms with Gasteiger partial charge in [0.05, 0.1) is 18.6 Å². The van der Waals surface area contributed by atoms with Gasteiger partial charge in [-0.2, -0.15) is 0 Å². The Morgan fingerprint density at radius 3 is 2.35 bits per heavy atom. The molecule has 0 fully saturated rings. The van der Waals surface area contributed by atoms with Gasteiger partial charge in [0, 0.05) is 23.4 Å². The quantitative estimate of drug-likeness (QED) is 0.825. The molecule has 0 spiro atoms. The summed E-state index contributed by atoms with van der Waals surface area (Å²) in [5, 5.41) is 2.85. The maximum Gasteiger partial charge on any atom is 0.194 e. The molecular weight excluding hydrogens is 231 g/mol. The van der Waals surface area contributed by atoms with Crippen LogP contribution in [-0.4, -0.2) is 0 Å². The molecule has 1 aromatic heterocycles. The van der Waals surface area contributed by atoms with E-state index in [0.29, 0.717) is 0 Å². The number of nitrogens with one attached hydrogen (secondary N) is 1. The Kier molecular flexibility index (Phi) is 3.08. The fraction of sp³-hybridized carbons (Fsp3) is 0.167. The molecule has 2 aromatic rings. The molecule has 2 rings (SSSR count). The van der Waals surface area contributed by atoms with Crippen LogP contribution in [0.25, 0.3) is 0 Å². The van der Waals surface area contributed by atoms with E-state index >= 15 is 0 Å². The largest absolute Gasteiger partial charge is 0.472 e. The first-order valence-corrected chi connectivity index (χ1v) is 5.01. The van der Waals surface area contributed by atoms with Crippen LogP contribution in [-0.2, 0) is 0 Å². The highest BCUT2D eigenvalue weighted by Gasteiger charge is 2.12. The zero-order chi connectivity index (χ0) is 12.4. The van der Waals surface area contributed by atoms with Gasteiger partial charge in [0.25, 0.3) is 0 Å². The molecule has 1 unspecified atom stereocenters. The van der Waals surface area contributed by atoms with Crippen LogP contribution < -0.4 is 5.32 Å². The van der Waals surface area contributed by atoms with Crippen LogP contribution in [0.5, 0.6) is 0 Å². The van der Waals surface area contributed by atoms with Gasteiger partial charge in [-0.3, -0.25) is 0 Å². The predicted molar refractivity (Wildman–Crippen MR) is 57.1 cm³/mol. The van der Waals surface area contributed by atoms with Gasteiger partial charge in [0.2, 0.25) is 0 Å². The third-order valence-electron chi connectivity index (χ3n) is 2.41. The zero-order valence-electron chi connectivity index (χ0n) is 9.01. The number of furan rings is 1. The van der Waals surface area contributed by atoms with Gasteiger partial charge in [0.1, 0.15) is 0 Å². The lowest BCUT2D eigenvalue weighted by Gasteiger charge is -2.13. The second-order valence-electron chi connectivity index (χ2n) is 3.68. The summed E-state index contributed by atoms with van der Waals surface area (Å²) < 4.78 is 43.5. The average molecular weight is 241 g/mol. The van der Waals surface area contributed by atoms with Crippen LogP contribution in [0.15, 0.2) is 35.1 Å². The molecule has 1 N–H and O–H groups in total. The van der Waals surface area contributed by atoms with E-state index in [4.69, 9.17) is 4.42 Å². The van der Waals surface area contributed by atoms with Crippen molar-refractivity contribution in [3.05, 3.63) is 53.7 Å². The lowest BCUT2D eigenvalue weighted by molar-refractivity contribution is 0.447. The van der Waals surface area contributed by atoms with Crippen molar-refractivity contribution in [2.75, 3.05) is 5.32 Å². The minimum absolute atomic E-state index is 0.176. The summed E-state index contributed by atoms with van der Waals surface area (Å²) in [6, 6.07) is 3.36. The summed E-state index contributed by atoms with van der Waals surface area (Å²) in [5.74, 6) is -3.90. The highest BCUT2D eigenvalue weighted by Crippen LogP contribution is 2.22. The fourth-order valence-electron chi connectivity index (χ4n) is 1.49. The van der Waals surface area contributed by atoms with Crippen molar-refractivity contribution in [2.45, 2.75) is 13.0 Å². The van der Waals surface area contributed by atoms with E-state index in [-0.39, 0.29) is 11.7 Å². The van der Waals surface area contributed by atoms with Crippen molar-refractivity contribution in [3.63, 3.8) is 0 Å². The first-order chi connectivity index (χ1) is 8.08. The summed E-state index contributed by atoms with van der Waals surface area (Å²) in [6.07, 6.45) is 3.02. The number of hydrogen-bond acceptors (Lipinski definition) is 2. The van der Waals surface area contributed by atoms with Gasteiger partial charge in [-0.05, 0) is 13.0 Å². The first-order valence-electron chi connectivity index (χ1n) is 5.01. The number of hydrogen-bond donors (Lipinski definition) is 1. The van der Waals surface area contributed by atoms with Crippen LogP contribution in [0.1, 0.15) is 18.5 Å².